The molecule has 1 unspecified atom stereocenters. The van der Waals surface area contributed by atoms with Crippen molar-refractivity contribution in [2.24, 2.45) is 0 Å². The van der Waals surface area contributed by atoms with Gasteiger partial charge in [0.25, 0.3) is 0 Å². The Bertz CT molecular complexity index is 577. The summed E-state index contributed by atoms with van der Waals surface area (Å²) in [5, 5.41) is 0. The fourth-order valence-electron chi connectivity index (χ4n) is 2.54. The molecule has 2 aromatic carbocycles. The maximum atomic E-state index is 6.04. The van der Waals surface area contributed by atoms with E-state index in [4.69, 9.17) is 4.84 Å². The zero-order valence-corrected chi connectivity index (χ0v) is 14.2. The normalized spacial score (nSPS) is 12.9. The summed E-state index contributed by atoms with van der Waals surface area (Å²) in [6.07, 6.45) is 6.39. The third-order valence-electron chi connectivity index (χ3n) is 3.71. The molecule has 1 N–H and O–H groups in total. The average molecular weight is 309 g/mol. The fraction of sp³-hybridized carbons (Fsp3) is 0.333. The lowest BCUT2D eigenvalue weighted by molar-refractivity contribution is -0.0154. The van der Waals surface area contributed by atoms with Gasteiger partial charge in [-0.1, -0.05) is 87.4 Å². The van der Waals surface area contributed by atoms with Gasteiger partial charge >= 0.3 is 0 Å². The number of hydrogen-bond donors (Lipinski definition) is 1. The molecule has 1 atom stereocenters. The van der Waals surface area contributed by atoms with Crippen LogP contribution in [0.4, 0.5) is 0 Å². The zero-order chi connectivity index (χ0) is 16.3. The van der Waals surface area contributed by atoms with Gasteiger partial charge in [0.2, 0.25) is 0 Å². The first-order chi connectivity index (χ1) is 11.3. The molecule has 0 aliphatic carbocycles. The lowest BCUT2D eigenvalue weighted by Crippen LogP contribution is -2.18. The minimum atomic E-state index is 0.0808. The SMILES string of the molecule is CCC/C(=C/c1ccccc1)NOC(CCC)c1ccccc1. The largest absolute Gasteiger partial charge is 0.271 e. The van der Waals surface area contributed by atoms with Crippen molar-refractivity contribution in [1.29, 1.82) is 0 Å². The summed E-state index contributed by atoms with van der Waals surface area (Å²) >= 11 is 0. The average Bonchev–Trinajstić information content (AvgIpc) is 2.60. The molecule has 2 nitrogen and oxygen atoms in total. The molecule has 0 saturated carbocycles. The maximum Gasteiger partial charge on any atom is 0.110 e. The van der Waals surface area contributed by atoms with E-state index in [0.717, 1.165) is 31.4 Å². The van der Waals surface area contributed by atoms with Crippen molar-refractivity contribution < 1.29 is 4.84 Å². The Labute approximate surface area is 140 Å². The summed E-state index contributed by atoms with van der Waals surface area (Å²) < 4.78 is 0. The summed E-state index contributed by atoms with van der Waals surface area (Å²) in [4.78, 5) is 6.04. The molecule has 0 spiro atoms. The smallest absolute Gasteiger partial charge is 0.110 e. The molecule has 2 heteroatoms. The van der Waals surface area contributed by atoms with Gasteiger partial charge in [-0.2, -0.15) is 0 Å². The van der Waals surface area contributed by atoms with Crippen molar-refractivity contribution in [3.63, 3.8) is 0 Å². The van der Waals surface area contributed by atoms with E-state index in [2.05, 4.69) is 73.9 Å². The Morgan fingerprint density at radius 1 is 0.957 bits per heavy atom. The quantitative estimate of drug-likeness (QED) is 0.583. The monoisotopic (exact) mass is 309 g/mol. The van der Waals surface area contributed by atoms with Crippen molar-refractivity contribution >= 4 is 6.08 Å². The van der Waals surface area contributed by atoms with Crippen molar-refractivity contribution in [3.8, 4) is 0 Å². The Kier molecular flexibility index (Phi) is 7.41. The molecule has 0 fully saturated rings. The number of rotatable bonds is 9. The molecule has 23 heavy (non-hydrogen) atoms. The Morgan fingerprint density at radius 2 is 1.61 bits per heavy atom. The van der Waals surface area contributed by atoms with Crippen molar-refractivity contribution in [2.45, 2.75) is 45.6 Å². The van der Waals surface area contributed by atoms with Crippen LogP contribution in [0.25, 0.3) is 6.08 Å². The van der Waals surface area contributed by atoms with Crippen molar-refractivity contribution in [1.82, 2.24) is 5.48 Å². The molecule has 0 aliphatic rings. The Balaban J connectivity index is 2.05. The first kappa shape index (κ1) is 17.3. The lowest BCUT2D eigenvalue weighted by atomic mass is 10.1. The van der Waals surface area contributed by atoms with Crippen LogP contribution >= 0.6 is 0 Å². The van der Waals surface area contributed by atoms with Gasteiger partial charge in [0, 0.05) is 5.70 Å². The molecule has 0 aromatic heterocycles. The molecule has 0 bridgehead atoms. The predicted octanol–water partition coefficient (Wildman–Crippen LogP) is 5.89. The second kappa shape index (κ2) is 9.86. The summed E-state index contributed by atoms with van der Waals surface area (Å²) in [6, 6.07) is 20.8. The van der Waals surface area contributed by atoms with Crippen molar-refractivity contribution in [2.75, 3.05) is 0 Å². The molecule has 0 aliphatic heterocycles. The van der Waals surface area contributed by atoms with Gasteiger partial charge < -0.3 is 0 Å². The highest BCUT2D eigenvalue weighted by atomic mass is 16.7. The lowest BCUT2D eigenvalue weighted by Gasteiger charge is -2.20. The molecule has 2 rings (SSSR count). The van der Waals surface area contributed by atoms with E-state index in [1.165, 1.54) is 11.1 Å². The molecule has 2 aromatic rings. The van der Waals surface area contributed by atoms with E-state index in [-0.39, 0.29) is 6.10 Å². The van der Waals surface area contributed by atoms with E-state index in [1.54, 1.807) is 0 Å². The van der Waals surface area contributed by atoms with E-state index in [0.29, 0.717) is 0 Å². The molecule has 0 saturated heterocycles. The molecule has 0 radical (unpaired) electrons. The van der Waals surface area contributed by atoms with Crippen LogP contribution in [0.3, 0.4) is 0 Å². The van der Waals surface area contributed by atoms with Gasteiger partial charge in [-0.05, 0) is 30.0 Å². The fourth-order valence-corrected chi connectivity index (χ4v) is 2.54. The van der Waals surface area contributed by atoms with E-state index < -0.39 is 0 Å². The van der Waals surface area contributed by atoms with Gasteiger partial charge in [-0.15, -0.1) is 0 Å². The standard InChI is InChI=1S/C21H27NO/c1-3-11-20(17-18-13-7-5-8-14-18)22-23-21(12-4-2)19-15-9-6-10-16-19/h5-10,13-17,21-22H,3-4,11-12H2,1-2H3/b20-17-. The van der Waals surface area contributed by atoms with Gasteiger partial charge in [-0.3, -0.25) is 10.3 Å². The van der Waals surface area contributed by atoms with Gasteiger partial charge in [0.1, 0.15) is 6.10 Å². The van der Waals surface area contributed by atoms with Crippen LogP contribution in [-0.4, -0.2) is 0 Å². The highest BCUT2D eigenvalue weighted by molar-refractivity contribution is 5.51. The first-order valence-corrected chi connectivity index (χ1v) is 8.55. The number of allylic oxidation sites excluding steroid dienone is 1. The third-order valence-corrected chi connectivity index (χ3v) is 3.71. The second-order valence-corrected chi connectivity index (χ2v) is 5.74. The number of benzene rings is 2. The second-order valence-electron chi connectivity index (χ2n) is 5.74. The van der Waals surface area contributed by atoms with Crippen LogP contribution in [0.15, 0.2) is 66.4 Å². The first-order valence-electron chi connectivity index (χ1n) is 8.55. The van der Waals surface area contributed by atoms with Crippen LogP contribution in [0, 0.1) is 0 Å². The van der Waals surface area contributed by atoms with Crippen LogP contribution in [0.2, 0.25) is 0 Å². The highest BCUT2D eigenvalue weighted by Gasteiger charge is 2.11. The minimum absolute atomic E-state index is 0.0808. The maximum absolute atomic E-state index is 6.04. The Morgan fingerprint density at radius 3 is 2.22 bits per heavy atom. The molecule has 0 amide bonds. The summed E-state index contributed by atoms with van der Waals surface area (Å²) in [5.74, 6) is 0. The molecule has 122 valence electrons. The molecule has 0 heterocycles. The Hall–Kier alpha value is -2.06. The molecular formula is C21H27NO. The van der Waals surface area contributed by atoms with E-state index in [1.807, 2.05) is 12.1 Å². The van der Waals surface area contributed by atoms with Crippen LogP contribution in [-0.2, 0) is 4.84 Å². The van der Waals surface area contributed by atoms with E-state index >= 15 is 0 Å². The molecular weight excluding hydrogens is 282 g/mol. The summed E-state index contributed by atoms with van der Waals surface area (Å²) in [6.45, 7) is 4.37. The van der Waals surface area contributed by atoms with Crippen LogP contribution in [0.1, 0.15) is 56.8 Å². The van der Waals surface area contributed by atoms with E-state index in [9.17, 15) is 0 Å². The zero-order valence-electron chi connectivity index (χ0n) is 14.2. The van der Waals surface area contributed by atoms with Gasteiger partial charge in [-0.25, -0.2) is 0 Å². The number of hydrogen-bond acceptors (Lipinski definition) is 2. The van der Waals surface area contributed by atoms with Crippen molar-refractivity contribution in [3.05, 3.63) is 77.5 Å². The van der Waals surface area contributed by atoms with Crippen LogP contribution in [0.5, 0.6) is 0 Å². The topological polar surface area (TPSA) is 21.3 Å². The summed E-state index contributed by atoms with van der Waals surface area (Å²) in [5.41, 5.74) is 6.75. The highest BCUT2D eigenvalue weighted by Crippen LogP contribution is 2.22. The third kappa shape index (κ3) is 5.91. The van der Waals surface area contributed by atoms with Gasteiger partial charge in [0.15, 0.2) is 0 Å². The minimum Gasteiger partial charge on any atom is -0.271 e. The van der Waals surface area contributed by atoms with Crippen LogP contribution < -0.4 is 5.48 Å². The summed E-state index contributed by atoms with van der Waals surface area (Å²) in [7, 11) is 0. The number of nitrogens with one attached hydrogen (secondary N) is 1. The van der Waals surface area contributed by atoms with Gasteiger partial charge in [0.05, 0.1) is 0 Å². The predicted molar refractivity (Wildman–Crippen MR) is 97.6 cm³/mol. The number of hydroxylamine groups is 1.